The molecule has 4 nitrogen and oxygen atoms in total. The lowest BCUT2D eigenvalue weighted by Crippen LogP contribution is -2.23. The number of anilines is 1. The number of nitrogens with zero attached hydrogens (tertiary/aromatic N) is 1. The van der Waals surface area contributed by atoms with Crippen LogP contribution in [-0.2, 0) is 4.79 Å². The SMILES string of the molecule is COc1ccc(NC(=O)C2(C#N)CC2)c(C)c1C. The molecule has 2 rings (SSSR count). The maximum Gasteiger partial charge on any atom is 0.244 e. The van der Waals surface area contributed by atoms with Gasteiger partial charge in [-0.3, -0.25) is 4.79 Å². The number of ether oxygens (including phenoxy) is 1. The summed E-state index contributed by atoms with van der Waals surface area (Å²) >= 11 is 0. The average Bonchev–Trinajstić information content (AvgIpc) is 3.16. The predicted octanol–water partition coefficient (Wildman–Crippen LogP) is 2.55. The molecule has 0 aromatic heterocycles. The summed E-state index contributed by atoms with van der Waals surface area (Å²) in [6.07, 6.45) is 1.31. The molecule has 0 spiro atoms. The van der Waals surface area contributed by atoms with E-state index < -0.39 is 5.41 Å². The van der Waals surface area contributed by atoms with Crippen molar-refractivity contribution in [1.29, 1.82) is 5.26 Å². The van der Waals surface area contributed by atoms with Crippen molar-refractivity contribution in [2.24, 2.45) is 5.41 Å². The fraction of sp³-hybridized carbons (Fsp3) is 0.429. The number of methoxy groups -OCH3 is 1. The van der Waals surface area contributed by atoms with Gasteiger partial charge in [-0.2, -0.15) is 5.26 Å². The van der Waals surface area contributed by atoms with E-state index in [0.29, 0.717) is 12.8 Å². The third-order valence-corrected chi connectivity index (χ3v) is 3.60. The van der Waals surface area contributed by atoms with Crippen molar-refractivity contribution in [2.45, 2.75) is 26.7 Å². The molecule has 1 fully saturated rings. The average molecular weight is 244 g/mol. The highest BCUT2D eigenvalue weighted by molar-refractivity contribution is 5.99. The van der Waals surface area contributed by atoms with E-state index in [1.165, 1.54) is 0 Å². The fourth-order valence-corrected chi connectivity index (χ4v) is 1.91. The molecule has 94 valence electrons. The van der Waals surface area contributed by atoms with Crippen molar-refractivity contribution in [3.8, 4) is 11.8 Å². The summed E-state index contributed by atoms with van der Waals surface area (Å²) in [5.41, 5.74) is 1.92. The van der Waals surface area contributed by atoms with Crippen molar-refractivity contribution < 1.29 is 9.53 Å². The first-order valence-electron chi connectivity index (χ1n) is 5.91. The monoisotopic (exact) mass is 244 g/mol. The van der Waals surface area contributed by atoms with Gasteiger partial charge >= 0.3 is 0 Å². The second-order valence-electron chi connectivity index (χ2n) is 4.71. The minimum atomic E-state index is -0.791. The second-order valence-corrected chi connectivity index (χ2v) is 4.71. The first kappa shape index (κ1) is 12.4. The zero-order chi connectivity index (χ0) is 13.3. The van der Waals surface area contributed by atoms with Gasteiger partial charge in [-0.05, 0) is 49.9 Å². The Hall–Kier alpha value is -2.02. The van der Waals surface area contributed by atoms with Crippen molar-refractivity contribution >= 4 is 11.6 Å². The van der Waals surface area contributed by atoms with Gasteiger partial charge in [0.2, 0.25) is 5.91 Å². The largest absolute Gasteiger partial charge is 0.496 e. The van der Waals surface area contributed by atoms with Crippen LogP contribution in [0.25, 0.3) is 0 Å². The number of carbonyl (C=O) groups excluding carboxylic acids is 1. The van der Waals surface area contributed by atoms with Gasteiger partial charge < -0.3 is 10.1 Å². The Kier molecular flexibility index (Phi) is 3.00. The molecule has 18 heavy (non-hydrogen) atoms. The van der Waals surface area contributed by atoms with Crippen molar-refractivity contribution in [3.05, 3.63) is 23.3 Å². The zero-order valence-electron chi connectivity index (χ0n) is 10.8. The summed E-state index contributed by atoms with van der Waals surface area (Å²) < 4.78 is 5.22. The number of hydrogen-bond donors (Lipinski definition) is 1. The second kappa shape index (κ2) is 4.34. The molecule has 0 saturated heterocycles. The molecule has 1 aliphatic carbocycles. The van der Waals surface area contributed by atoms with Crippen LogP contribution in [0.15, 0.2) is 12.1 Å². The van der Waals surface area contributed by atoms with Gasteiger partial charge in [-0.1, -0.05) is 0 Å². The Morgan fingerprint density at radius 2 is 2.06 bits per heavy atom. The maximum absolute atomic E-state index is 12.0. The number of hydrogen-bond acceptors (Lipinski definition) is 3. The number of nitriles is 1. The molecule has 0 bridgehead atoms. The van der Waals surface area contributed by atoms with Crippen molar-refractivity contribution in [1.82, 2.24) is 0 Å². The van der Waals surface area contributed by atoms with Gasteiger partial charge in [0.1, 0.15) is 11.2 Å². The molecule has 1 N–H and O–H groups in total. The number of nitrogens with one attached hydrogen (secondary N) is 1. The van der Waals surface area contributed by atoms with Crippen LogP contribution < -0.4 is 10.1 Å². The van der Waals surface area contributed by atoms with Gasteiger partial charge in [0, 0.05) is 5.69 Å². The lowest BCUT2D eigenvalue weighted by atomic mass is 10.0. The molecule has 1 aromatic carbocycles. The van der Waals surface area contributed by atoms with Gasteiger partial charge in [0.25, 0.3) is 0 Å². The normalized spacial score (nSPS) is 15.7. The van der Waals surface area contributed by atoms with Crippen molar-refractivity contribution in [2.75, 3.05) is 12.4 Å². The highest BCUT2D eigenvalue weighted by atomic mass is 16.5. The molecular formula is C14H16N2O2. The number of rotatable bonds is 3. The molecular weight excluding hydrogens is 228 g/mol. The van der Waals surface area contributed by atoms with Crippen LogP contribution in [0.4, 0.5) is 5.69 Å². The molecule has 1 aliphatic rings. The number of amides is 1. The van der Waals surface area contributed by atoms with E-state index in [4.69, 9.17) is 10.00 Å². The molecule has 0 unspecified atom stereocenters. The Labute approximate surface area is 107 Å². The smallest absolute Gasteiger partial charge is 0.244 e. The van der Waals surface area contributed by atoms with E-state index in [9.17, 15) is 4.79 Å². The predicted molar refractivity (Wildman–Crippen MR) is 68.4 cm³/mol. The molecule has 0 aliphatic heterocycles. The van der Waals surface area contributed by atoms with Crippen LogP contribution >= 0.6 is 0 Å². The van der Waals surface area contributed by atoms with Crippen LogP contribution in [0.1, 0.15) is 24.0 Å². The minimum absolute atomic E-state index is 0.197. The Morgan fingerprint density at radius 1 is 1.39 bits per heavy atom. The summed E-state index contributed by atoms with van der Waals surface area (Å²) in [6.45, 7) is 3.88. The van der Waals surface area contributed by atoms with E-state index in [0.717, 1.165) is 22.6 Å². The van der Waals surface area contributed by atoms with Gasteiger partial charge in [-0.25, -0.2) is 0 Å². The van der Waals surface area contributed by atoms with Gasteiger partial charge in [0.05, 0.1) is 13.2 Å². The van der Waals surface area contributed by atoms with E-state index in [1.807, 2.05) is 26.0 Å². The molecule has 1 aromatic rings. The minimum Gasteiger partial charge on any atom is -0.496 e. The first-order chi connectivity index (χ1) is 8.54. The highest BCUT2D eigenvalue weighted by Crippen LogP contribution is 2.46. The van der Waals surface area contributed by atoms with E-state index in [2.05, 4.69) is 11.4 Å². The van der Waals surface area contributed by atoms with Gasteiger partial charge in [-0.15, -0.1) is 0 Å². The Morgan fingerprint density at radius 3 is 2.56 bits per heavy atom. The lowest BCUT2D eigenvalue weighted by molar-refractivity contribution is -0.119. The van der Waals surface area contributed by atoms with Crippen LogP contribution in [0.2, 0.25) is 0 Å². The van der Waals surface area contributed by atoms with E-state index in [-0.39, 0.29) is 5.91 Å². The van der Waals surface area contributed by atoms with E-state index >= 15 is 0 Å². The van der Waals surface area contributed by atoms with Crippen LogP contribution in [0.3, 0.4) is 0 Å². The maximum atomic E-state index is 12.0. The lowest BCUT2D eigenvalue weighted by Gasteiger charge is -2.14. The molecule has 0 radical (unpaired) electrons. The van der Waals surface area contributed by atoms with Crippen LogP contribution in [-0.4, -0.2) is 13.0 Å². The van der Waals surface area contributed by atoms with Gasteiger partial charge in [0.15, 0.2) is 0 Å². The van der Waals surface area contributed by atoms with Crippen molar-refractivity contribution in [3.63, 3.8) is 0 Å². The molecule has 0 atom stereocenters. The summed E-state index contributed by atoms with van der Waals surface area (Å²) in [5, 5.41) is 11.8. The topological polar surface area (TPSA) is 62.1 Å². The molecule has 4 heteroatoms. The molecule has 1 amide bonds. The first-order valence-corrected chi connectivity index (χ1v) is 5.91. The molecule has 1 saturated carbocycles. The summed E-state index contributed by atoms with van der Waals surface area (Å²) in [6, 6.07) is 5.73. The quantitative estimate of drug-likeness (QED) is 0.888. The Balaban J connectivity index is 2.23. The highest BCUT2D eigenvalue weighted by Gasteiger charge is 2.50. The fourth-order valence-electron chi connectivity index (χ4n) is 1.91. The van der Waals surface area contributed by atoms with E-state index in [1.54, 1.807) is 7.11 Å². The third kappa shape index (κ3) is 1.92. The Bertz CT molecular complexity index is 539. The van der Waals surface area contributed by atoms with Crippen LogP contribution in [0.5, 0.6) is 5.75 Å². The standard InChI is InChI=1S/C14H16N2O2/c1-9-10(2)12(18-3)5-4-11(9)16-13(17)14(8-15)6-7-14/h4-5H,6-7H2,1-3H3,(H,16,17). The third-order valence-electron chi connectivity index (χ3n) is 3.60. The number of carbonyl (C=O) groups is 1. The summed E-state index contributed by atoms with van der Waals surface area (Å²) in [7, 11) is 1.62. The summed E-state index contributed by atoms with van der Waals surface area (Å²) in [4.78, 5) is 12.0. The zero-order valence-corrected chi connectivity index (χ0v) is 10.8. The molecule has 0 heterocycles. The van der Waals surface area contributed by atoms with Crippen LogP contribution in [0, 0.1) is 30.6 Å². The number of benzene rings is 1. The summed E-state index contributed by atoms with van der Waals surface area (Å²) in [5.74, 6) is 0.601.